The summed E-state index contributed by atoms with van der Waals surface area (Å²) in [6, 6.07) is 10.0. The third-order valence-electron chi connectivity index (χ3n) is 3.79. The first-order valence-corrected chi connectivity index (χ1v) is 7.16. The van der Waals surface area contributed by atoms with Crippen LogP contribution in [0.4, 0.5) is 0 Å². The van der Waals surface area contributed by atoms with Crippen molar-refractivity contribution in [3.05, 3.63) is 42.1 Å². The fraction of sp³-hybridized carbons (Fsp3) is 0.375. The Balaban J connectivity index is 1.98. The molecule has 2 aromatic rings. The van der Waals surface area contributed by atoms with Crippen LogP contribution in [-0.4, -0.2) is 41.5 Å². The van der Waals surface area contributed by atoms with Crippen molar-refractivity contribution in [2.24, 2.45) is 0 Å². The zero-order chi connectivity index (χ0) is 13.9. The third-order valence-corrected chi connectivity index (χ3v) is 3.79. The molecule has 104 valence electrons. The number of hydrogen-bond donors (Lipinski definition) is 1. The van der Waals surface area contributed by atoms with E-state index in [1.807, 2.05) is 35.2 Å². The standard InChI is InChI=1S/C16H19N3O/c1-2-9-19(13-10-17-11-13)16(20)14-7-3-5-12-6-4-8-18-15(12)14/h3-8,13,17H,2,9-11H2,1H3. The summed E-state index contributed by atoms with van der Waals surface area (Å²) in [5.74, 6) is 0.0997. The number of hydrogen-bond acceptors (Lipinski definition) is 3. The molecule has 1 fully saturated rings. The van der Waals surface area contributed by atoms with Crippen LogP contribution < -0.4 is 5.32 Å². The summed E-state index contributed by atoms with van der Waals surface area (Å²) in [6.45, 7) is 4.69. The van der Waals surface area contributed by atoms with Crippen molar-refractivity contribution in [1.82, 2.24) is 15.2 Å². The molecule has 20 heavy (non-hydrogen) atoms. The molecule has 0 bridgehead atoms. The second kappa shape index (κ2) is 5.59. The molecule has 0 atom stereocenters. The van der Waals surface area contributed by atoms with Crippen molar-refractivity contribution in [2.75, 3.05) is 19.6 Å². The van der Waals surface area contributed by atoms with E-state index in [1.54, 1.807) is 6.20 Å². The Hall–Kier alpha value is -1.94. The normalized spacial score (nSPS) is 15.1. The lowest BCUT2D eigenvalue weighted by Crippen LogP contribution is -2.59. The number of carbonyl (C=O) groups excluding carboxylic acids is 1. The predicted molar refractivity (Wildman–Crippen MR) is 79.7 cm³/mol. The van der Waals surface area contributed by atoms with E-state index in [-0.39, 0.29) is 5.91 Å². The summed E-state index contributed by atoms with van der Waals surface area (Å²) in [6.07, 6.45) is 2.72. The number of amides is 1. The number of carbonyl (C=O) groups is 1. The molecule has 1 amide bonds. The number of rotatable bonds is 4. The number of pyridine rings is 1. The van der Waals surface area contributed by atoms with Gasteiger partial charge in [-0.3, -0.25) is 9.78 Å². The number of nitrogens with zero attached hydrogens (tertiary/aromatic N) is 2. The van der Waals surface area contributed by atoms with Gasteiger partial charge in [0.15, 0.2) is 0 Å². The molecular weight excluding hydrogens is 250 g/mol. The minimum atomic E-state index is 0.0997. The summed E-state index contributed by atoms with van der Waals surface area (Å²) >= 11 is 0. The Bertz CT molecular complexity index is 617. The number of para-hydroxylation sites is 1. The fourth-order valence-electron chi connectivity index (χ4n) is 2.62. The van der Waals surface area contributed by atoms with E-state index in [2.05, 4.69) is 17.2 Å². The number of aromatic nitrogens is 1. The van der Waals surface area contributed by atoms with Crippen LogP contribution in [0.2, 0.25) is 0 Å². The molecule has 1 aliphatic rings. The maximum Gasteiger partial charge on any atom is 0.256 e. The van der Waals surface area contributed by atoms with Crippen LogP contribution in [0.25, 0.3) is 10.9 Å². The van der Waals surface area contributed by atoms with E-state index >= 15 is 0 Å². The van der Waals surface area contributed by atoms with Gasteiger partial charge < -0.3 is 10.2 Å². The van der Waals surface area contributed by atoms with Gasteiger partial charge in [0.05, 0.1) is 17.1 Å². The highest BCUT2D eigenvalue weighted by Gasteiger charge is 2.29. The molecule has 0 radical (unpaired) electrons. The Morgan fingerprint density at radius 2 is 2.15 bits per heavy atom. The van der Waals surface area contributed by atoms with Gasteiger partial charge in [-0.05, 0) is 18.6 Å². The lowest BCUT2D eigenvalue weighted by molar-refractivity contribution is 0.0617. The Kier molecular flexibility index (Phi) is 3.65. The minimum absolute atomic E-state index is 0.0997. The summed E-state index contributed by atoms with van der Waals surface area (Å²) in [5, 5.41) is 4.25. The van der Waals surface area contributed by atoms with Gasteiger partial charge in [-0.1, -0.05) is 25.1 Å². The van der Waals surface area contributed by atoms with Crippen molar-refractivity contribution >= 4 is 16.8 Å². The molecule has 1 aromatic heterocycles. The van der Waals surface area contributed by atoms with Crippen molar-refractivity contribution in [3.63, 3.8) is 0 Å². The smallest absolute Gasteiger partial charge is 0.256 e. The molecule has 1 aromatic carbocycles. The third kappa shape index (κ3) is 2.27. The average molecular weight is 269 g/mol. The molecule has 0 unspecified atom stereocenters. The first-order chi connectivity index (χ1) is 9.81. The average Bonchev–Trinajstić information content (AvgIpc) is 2.43. The number of fused-ring (bicyclic) bond motifs is 1. The predicted octanol–water partition coefficient (Wildman–Crippen LogP) is 2.06. The molecule has 0 spiro atoms. The zero-order valence-electron chi connectivity index (χ0n) is 11.7. The van der Waals surface area contributed by atoms with Gasteiger partial charge in [0, 0.05) is 31.2 Å². The highest BCUT2D eigenvalue weighted by Crippen LogP contribution is 2.19. The van der Waals surface area contributed by atoms with E-state index in [0.717, 1.165) is 37.0 Å². The van der Waals surface area contributed by atoms with Gasteiger partial charge in [-0.15, -0.1) is 0 Å². The first kappa shape index (κ1) is 13.1. The molecular formula is C16H19N3O. The largest absolute Gasteiger partial charge is 0.333 e. The van der Waals surface area contributed by atoms with Gasteiger partial charge in [0.1, 0.15) is 0 Å². The van der Waals surface area contributed by atoms with E-state index in [9.17, 15) is 4.79 Å². The van der Waals surface area contributed by atoms with Crippen molar-refractivity contribution < 1.29 is 4.79 Å². The molecule has 0 aliphatic carbocycles. The van der Waals surface area contributed by atoms with Gasteiger partial charge in [0.2, 0.25) is 0 Å². The van der Waals surface area contributed by atoms with Crippen LogP contribution in [0.5, 0.6) is 0 Å². The van der Waals surface area contributed by atoms with Crippen LogP contribution in [0.3, 0.4) is 0 Å². The summed E-state index contributed by atoms with van der Waals surface area (Å²) < 4.78 is 0. The van der Waals surface area contributed by atoms with Gasteiger partial charge in [-0.2, -0.15) is 0 Å². The molecule has 1 saturated heterocycles. The second-order valence-corrected chi connectivity index (χ2v) is 5.19. The molecule has 4 nitrogen and oxygen atoms in total. The van der Waals surface area contributed by atoms with Gasteiger partial charge >= 0.3 is 0 Å². The Labute approximate surface area is 118 Å². The highest BCUT2D eigenvalue weighted by molar-refractivity contribution is 6.05. The van der Waals surface area contributed by atoms with Crippen LogP contribution in [0.15, 0.2) is 36.5 Å². The van der Waals surface area contributed by atoms with E-state index in [0.29, 0.717) is 11.6 Å². The van der Waals surface area contributed by atoms with E-state index < -0.39 is 0 Å². The summed E-state index contributed by atoms with van der Waals surface area (Å²) in [4.78, 5) is 19.2. The zero-order valence-corrected chi connectivity index (χ0v) is 11.7. The van der Waals surface area contributed by atoms with Crippen LogP contribution in [0, 0.1) is 0 Å². The maximum atomic E-state index is 12.8. The Morgan fingerprint density at radius 3 is 2.85 bits per heavy atom. The topological polar surface area (TPSA) is 45.2 Å². The first-order valence-electron chi connectivity index (χ1n) is 7.16. The molecule has 3 rings (SSSR count). The van der Waals surface area contributed by atoms with Crippen molar-refractivity contribution in [2.45, 2.75) is 19.4 Å². The number of benzene rings is 1. The van der Waals surface area contributed by atoms with Gasteiger partial charge in [-0.25, -0.2) is 0 Å². The minimum Gasteiger partial charge on any atom is -0.333 e. The quantitative estimate of drug-likeness (QED) is 0.924. The summed E-state index contributed by atoms with van der Waals surface area (Å²) in [7, 11) is 0. The van der Waals surface area contributed by atoms with Crippen molar-refractivity contribution in [1.29, 1.82) is 0 Å². The summed E-state index contributed by atoms with van der Waals surface area (Å²) in [5.41, 5.74) is 1.51. The molecule has 1 N–H and O–H groups in total. The molecule has 1 aliphatic heterocycles. The monoisotopic (exact) mass is 269 g/mol. The lowest BCUT2D eigenvalue weighted by atomic mass is 10.1. The van der Waals surface area contributed by atoms with Crippen LogP contribution in [0.1, 0.15) is 23.7 Å². The van der Waals surface area contributed by atoms with Crippen LogP contribution >= 0.6 is 0 Å². The van der Waals surface area contributed by atoms with E-state index in [4.69, 9.17) is 0 Å². The van der Waals surface area contributed by atoms with Gasteiger partial charge in [0.25, 0.3) is 5.91 Å². The molecule has 0 saturated carbocycles. The molecule has 2 heterocycles. The highest BCUT2D eigenvalue weighted by atomic mass is 16.2. The maximum absolute atomic E-state index is 12.8. The second-order valence-electron chi connectivity index (χ2n) is 5.19. The SMILES string of the molecule is CCCN(C(=O)c1cccc2cccnc12)C1CNC1. The fourth-order valence-corrected chi connectivity index (χ4v) is 2.62. The van der Waals surface area contributed by atoms with Crippen molar-refractivity contribution in [3.8, 4) is 0 Å². The van der Waals surface area contributed by atoms with Crippen LogP contribution in [-0.2, 0) is 0 Å². The Morgan fingerprint density at radius 1 is 1.35 bits per heavy atom. The lowest BCUT2D eigenvalue weighted by Gasteiger charge is -2.38. The van der Waals surface area contributed by atoms with E-state index in [1.165, 1.54) is 0 Å². The number of nitrogens with one attached hydrogen (secondary N) is 1. The molecule has 4 heteroatoms.